The zero-order valence-electron chi connectivity index (χ0n) is 12.1. The molecule has 1 heterocycles. The molecule has 0 saturated carbocycles. The van der Waals surface area contributed by atoms with E-state index in [4.69, 9.17) is 0 Å². The first-order valence-electron chi connectivity index (χ1n) is 6.82. The largest absolute Gasteiger partial charge is 0.315 e. The molecule has 0 radical (unpaired) electrons. The maximum absolute atomic E-state index is 12.1. The monoisotopic (exact) mass is 336 g/mol. The van der Waals surface area contributed by atoms with Crippen molar-refractivity contribution < 1.29 is 8.42 Å². The van der Waals surface area contributed by atoms with Crippen molar-refractivity contribution in [1.82, 2.24) is 10.0 Å². The van der Waals surface area contributed by atoms with Gasteiger partial charge in [0.15, 0.2) is 0 Å². The number of unbranched alkanes of at least 4 members (excludes halogenated alkanes) is 3. The Morgan fingerprint density at radius 2 is 1.95 bits per heavy atom. The molecule has 116 valence electrons. The second-order valence-electron chi connectivity index (χ2n) is 4.56. The number of nitrogens with one attached hydrogen (secondary N) is 2. The normalized spacial score (nSPS) is 11.9. The third-order valence-electron chi connectivity index (χ3n) is 2.82. The van der Waals surface area contributed by atoms with Crippen molar-refractivity contribution in [3.05, 3.63) is 17.0 Å². The summed E-state index contributed by atoms with van der Waals surface area (Å²) in [6, 6.07) is 3.54. The molecule has 0 aliphatic heterocycles. The molecule has 0 aromatic carbocycles. The van der Waals surface area contributed by atoms with Crippen LogP contribution >= 0.6 is 23.1 Å². The molecule has 0 saturated heterocycles. The topological polar surface area (TPSA) is 58.2 Å². The highest BCUT2D eigenvalue weighted by atomic mass is 32.2. The first kappa shape index (κ1) is 18.0. The van der Waals surface area contributed by atoms with E-state index in [0.29, 0.717) is 17.3 Å². The molecular formula is C13H24N2O2S3. The lowest BCUT2D eigenvalue weighted by Crippen LogP contribution is -2.23. The summed E-state index contributed by atoms with van der Waals surface area (Å²) in [7, 11) is -1.47. The molecule has 2 N–H and O–H groups in total. The van der Waals surface area contributed by atoms with Crippen molar-refractivity contribution in [2.75, 3.05) is 25.6 Å². The Hall–Kier alpha value is -0.0800. The van der Waals surface area contributed by atoms with Gasteiger partial charge in [-0.2, -0.15) is 11.8 Å². The van der Waals surface area contributed by atoms with E-state index < -0.39 is 10.0 Å². The summed E-state index contributed by atoms with van der Waals surface area (Å²) in [5.74, 6) is 1.19. The van der Waals surface area contributed by atoms with E-state index in [1.165, 1.54) is 29.9 Å². The van der Waals surface area contributed by atoms with Gasteiger partial charge in [-0.25, -0.2) is 13.1 Å². The second-order valence-corrected chi connectivity index (χ2v) is 8.70. The van der Waals surface area contributed by atoms with Gasteiger partial charge in [-0.15, -0.1) is 11.3 Å². The Labute approximate surface area is 130 Å². The first-order valence-corrected chi connectivity index (χ1v) is 10.5. The Morgan fingerprint density at radius 1 is 1.20 bits per heavy atom. The van der Waals surface area contributed by atoms with E-state index in [-0.39, 0.29) is 0 Å². The van der Waals surface area contributed by atoms with E-state index in [1.807, 2.05) is 24.9 Å². The van der Waals surface area contributed by atoms with Crippen LogP contribution < -0.4 is 10.0 Å². The van der Waals surface area contributed by atoms with Crippen LogP contribution in [0.15, 0.2) is 16.3 Å². The summed E-state index contributed by atoms with van der Waals surface area (Å²) in [5, 5.41) is 3.02. The van der Waals surface area contributed by atoms with Gasteiger partial charge in [-0.1, -0.05) is 12.8 Å². The summed E-state index contributed by atoms with van der Waals surface area (Å²) in [6.07, 6.45) is 6.48. The predicted octanol–water partition coefficient (Wildman–Crippen LogP) is 2.67. The minimum absolute atomic E-state index is 0.408. The van der Waals surface area contributed by atoms with Gasteiger partial charge in [0.05, 0.1) is 0 Å². The molecule has 0 unspecified atom stereocenters. The third kappa shape index (κ3) is 6.58. The van der Waals surface area contributed by atoms with Crippen LogP contribution in [0.5, 0.6) is 0 Å². The second kappa shape index (κ2) is 9.78. The zero-order chi connectivity index (χ0) is 14.8. The van der Waals surface area contributed by atoms with Crippen LogP contribution in [-0.4, -0.2) is 34.0 Å². The maximum Gasteiger partial charge on any atom is 0.250 e. The highest BCUT2D eigenvalue weighted by Gasteiger charge is 2.15. The Bertz CT molecular complexity index is 472. The van der Waals surface area contributed by atoms with Crippen LogP contribution in [0.25, 0.3) is 0 Å². The van der Waals surface area contributed by atoms with Gasteiger partial charge in [0.25, 0.3) is 0 Å². The fraction of sp³-hybridized carbons (Fsp3) is 0.692. The van der Waals surface area contributed by atoms with Gasteiger partial charge in [0.1, 0.15) is 4.21 Å². The Balaban J connectivity index is 2.30. The van der Waals surface area contributed by atoms with E-state index in [9.17, 15) is 8.42 Å². The van der Waals surface area contributed by atoms with Crippen LogP contribution in [0.2, 0.25) is 0 Å². The van der Waals surface area contributed by atoms with Crippen LogP contribution in [0.1, 0.15) is 30.6 Å². The average Bonchev–Trinajstić information content (AvgIpc) is 2.88. The van der Waals surface area contributed by atoms with Gasteiger partial charge in [0.2, 0.25) is 10.0 Å². The van der Waals surface area contributed by atoms with Crippen LogP contribution in [0, 0.1) is 0 Å². The van der Waals surface area contributed by atoms with Crippen molar-refractivity contribution in [2.24, 2.45) is 0 Å². The molecule has 1 aromatic rings. The van der Waals surface area contributed by atoms with E-state index in [2.05, 4.69) is 16.3 Å². The van der Waals surface area contributed by atoms with Crippen molar-refractivity contribution in [1.29, 1.82) is 0 Å². The lowest BCUT2D eigenvalue weighted by Gasteiger charge is -2.04. The number of hydrogen-bond donors (Lipinski definition) is 2. The molecule has 1 rings (SSSR count). The van der Waals surface area contributed by atoms with Crippen molar-refractivity contribution in [3.63, 3.8) is 0 Å². The summed E-state index contributed by atoms with van der Waals surface area (Å²) < 4.78 is 27.2. The lowest BCUT2D eigenvalue weighted by molar-refractivity contribution is 0.576. The third-order valence-corrected chi connectivity index (χ3v) is 6.56. The van der Waals surface area contributed by atoms with E-state index in [1.54, 1.807) is 6.07 Å². The fourth-order valence-electron chi connectivity index (χ4n) is 1.77. The summed E-state index contributed by atoms with van der Waals surface area (Å²) in [5.41, 5.74) is 0. The maximum atomic E-state index is 12.1. The van der Waals surface area contributed by atoms with Gasteiger partial charge >= 0.3 is 0 Å². The number of thioether (sulfide) groups is 1. The number of rotatable bonds is 11. The quantitative estimate of drug-likeness (QED) is 0.610. The molecule has 0 spiro atoms. The number of hydrogen-bond acceptors (Lipinski definition) is 5. The average molecular weight is 337 g/mol. The van der Waals surface area contributed by atoms with E-state index >= 15 is 0 Å². The van der Waals surface area contributed by atoms with Gasteiger partial charge in [0, 0.05) is 18.0 Å². The molecule has 20 heavy (non-hydrogen) atoms. The molecule has 1 aromatic heterocycles. The van der Waals surface area contributed by atoms with Gasteiger partial charge in [-0.05, 0) is 44.0 Å². The molecule has 0 aliphatic carbocycles. The van der Waals surface area contributed by atoms with Crippen LogP contribution in [-0.2, 0) is 16.6 Å². The predicted molar refractivity (Wildman–Crippen MR) is 89.1 cm³/mol. The number of thiophene rings is 1. The fourth-order valence-corrected chi connectivity index (χ4v) is 4.75. The minimum Gasteiger partial charge on any atom is -0.315 e. The molecule has 0 fully saturated rings. The lowest BCUT2D eigenvalue weighted by atomic mass is 10.2. The van der Waals surface area contributed by atoms with Crippen molar-refractivity contribution in [2.45, 2.75) is 36.4 Å². The molecule has 4 nitrogen and oxygen atoms in total. The molecule has 0 amide bonds. The first-order chi connectivity index (χ1) is 9.60. The zero-order valence-corrected chi connectivity index (χ0v) is 14.6. The minimum atomic E-state index is -3.32. The van der Waals surface area contributed by atoms with Crippen molar-refractivity contribution in [3.8, 4) is 0 Å². The molecule has 0 bridgehead atoms. The van der Waals surface area contributed by atoms with E-state index in [0.717, 1.165) is 17.7 Å². The van der Waals surface area contributed by atoms with Crippen molar-refractivity contribution >= 4 is 33.1 Å². The number of sulfonamides is 1. The molecule has 7 heteroatoms. The summed E-state index contributed by atoms with van der Waals surface area (Å²) >= 11 is 3.18. The summed E-state index contributed by atoms with van der Waals surface area (Å²) in [6.45, 7) is 1.23. The Morgan fingerprint density at radius 3 is 2.65 bits per heavy atom. The standard InChI is InChI=1S/C13H24N2O2S3/c1-14-11-12-7-8-13(19-12)20(16,17)15-9-5-3-4-6-10-18-2/h7-8,14-15H,3-6,9-11H2,1-2H3. The van der Waals surface area contributed by atoms with Crippen LogP contribution in [0.4, 0.5) is 0 Å². The smallest absolute Gasteiger partial charge is 0.250 e. The van der Waals surface area contributed by atoms with Gasteiger partial charge in [-0.3, -0.25) is 0 Å². The summed E-state index contributed by atoms with van der Waals surface area (Å²) in [4.78, 5) is 1.03. The highest BCUT2D eigenvalue weighted by molar-refractivity contribution is 7.98. The highest BCUT2D eigenvalue weighted by Crippen LogP contribution is 2.21. The Kier molecular flexibility index (Phi) is 8.79. The molecular weight excluding hydrogens is 312 g/mol. The van der Waals surface area contributed by atoms with Crippen LogP contribution in [0.3, 0.4) is 0 Å². The molecule has 0 atom stereocenters. The SMILES string of the molecule is CNCc1ccc(S(=O)(=O)NCCCCCCSC)s1. The van der Waals surface area contributed by atoms with Gasteiger partial charge < -0.3 is 5.32 Å². The molecule has 0 aliphatic rings.